The average Bonchev–Trinajstić information content (AvgIpc) is 3.07. The third kappa shape index (κ3) is 3.52. The van der Waals surface area contributed by atoms with Gasteiger partial charge in [0.1, 0.15) is 0 Å². The third-order valence-electron chi connectivity index (χ3n) is 5.81. The van der Waals surface area contributed by atoms with E-state index in [2.05, 4.69) is 24.2 Å². The molecule has 0 aliphatic heterocycles. The second kappa shape index (κ2) is 5.73. The van der Waals surface area contributed by atoms with Crippen molar-refractivity contribution in [3.8, 4) is 0 Å². The highest BCUT2D eigenvalue weighted by Crippen LogP contribution is 2.41. The van der Waals surface area contributed by atoms with Gasteiger partial charge < -0.3 is 10.2 Å². The smallest absolute Gasteiger partial charge is 0.00924 e. The molecule has 3 rings (SSSR count). The van der Waals surface area contributed by atoms with E-state index >= 15 is 0 Å². The van der Waals surface area contributed by atoms with Crippen molar-refractivity contribution >= 4 is 0 Å². The molecule has 0 aromatic heterocycles. The lowest BCUT2D eigenvalue weighted by Gasteiger charge is -2.46. The van der Waals surface area contributed by atoms with Crippen molar-refractivity contribution in [1.29, 1.82) is 0 Å². The lowest BCUT2D eigenvalue weighted by Crippen LogP contribution is -2.50. The van der Waals surface area contributed by atoms with Crippen molar-refractivity contribution in [3.05, 3.63) is 0 Å². The summed E-state index contributed by atoms with van der Waals surface area (Å²) in [6.07, 6.45) is 13.0. The van der Waals surface area contributed by atoms with Crippen LogP contribution in [0.5, 0.6) is 0 Å². The normalized spacial score (nSPS) is 36.5. The van der Waals surface area contributed by atoms with Gasteiger partial charge in [-0.1, -0.05) is 26.2 Å². The topological polar surface area (TPSA) is 15.3 Å². The predicted octanol–water partition coefficient (Wildman–Crippen LogP) is 3.42. The van der Waals surface area contributed by atoms with E-state index in [1.807, 2.05) is 0 Å². The van der Waals surface area contributed by atoms with Crippen LogP contribution in [0.2, 0.25) is 0 Å². The first-order chi connectivity index (χ1) is 9.17. The highest BCUT2D eigenvalue weighted by atomic mass is 15.1. The Morgan fingerprint density at radius 2 is 1.89 bits per heavy atom. The molecule has 3 saturated carbocycles. The van der Waals surface area contributed by atoms with Crippen molar-refractivity contribution in [3.63, 3.8) is 0 Å². The predicted molar refractivity (Wildman–Crippen MR) is 81.4 cm³/mol. The Morgan fingerprint density at radius 3 is 2.47 bits per heavy atom. The monoisotopic (exact) mass is 264 g/mol. The molecule has 0 aromatic rings. The molecule has 19 heavy (non-hydrogen) atoms. The second-order valence-corrected chi connectivity index (χ2v) is 7.86. The van der Waals surface area contributed by atoms with E-state index in [0.717, 1.165) is 18.0 Å². The van der Waals surface area contributed by atoms with Crippen LogP contribution in [0, 0.1) is 11.3 Å². The van der Waals surface area contributed by atoms with Crippen molar-refractivity contribution in [2.45, 2.75) is 76.8 Å². The summed E-state index contributed by atoms with van der Waals surface area (Å²) in [5.41, 5.74) is 0.574. The summed E-state index contributed by atoms with van der Waals surface area (Å²) >= 11 is 0. The molecule has 0 saturated heterocycles. The molecule has 2 nitrogen and oxygen atoms in total. The SMILES string of the molecule is CC1CCCC(CNC2CC2)(CN(C)C2CCC2)C1. The molecule has 3 aliphatic rings. The largest absolute Gasteiger partial charge is 0.313 e. The molecule has 2 unspecified atom stereocenters. The molecule has 2 atom stereocenters. The van der Waals surface area contributed by atoms with Gasteiger partial charge in [-0.15, -0.1) is 0 Å². The zero-order chi connectivity index (χ0) is 13.3. The highest BCUT2D eigenvalue weighted by molar-refractivity contribution is 4.94. The summed E-state index contributed by atoms with van der Waals surface area (Å²) < 4.78 is 0. The van der Waals surface area contributed by atoms with Gasteiger partial charge in [-0.25, -0.2) is 0 Å². The lowest BCUT2D eigenvalue weighted by atomic mass is 9.69. The van der Waals surface area contributed by atoms with Crippen molar-refractivity contribution < 1.29 is 0 Å². The van der Waals surface area contributed by atoms with Crippen LogP contribution >= 0.6 is 0 Å². The van der Waals surface area contributed by atoms with Crippen molar-refractivity contribution in [2.24, 2.45) is 11.3 Å². The van der Waals surface area contributed by atoms with Gasteiger partial charge in [0.25, 0.3) is 0 Å². The third-order valence-corrected chi connectivity index (χ3v) is 5.81. The lowest BCUT2D eigenvalue weighted by molar-refractivity contribution is 0.0511. The fourth-order valence-corrected chi connectivity index (χ4v) is 4.26. The molecule has 3 fully saturated rings. The standard InChI is InChI=1S/C17H32N2/c1-14-5-4-10-17(11-14,12-18-15-8-9-15)13-19(2)16-6-3-7-16/h14-16,18H,3-13H2,1-2H3. The van der Waals surface area contributed by atoms with E-state index in [9.17, 15) is 0 Å². The molecule has 0 heterocycles. The summed E-state index contributed by atoms with van der Waals surface area (Å²) in [7, 11) is 2.38. The van der Waals surface area contributed by atoms with Crippen LogP contribution in [0.3, 0.4) is 0 Å². The number of hydrogen-bond donors (Lipinski definition) is 1. The first kappa shape index (κ1) is 13.9. The number of rotatable bonds is 6. The Hall–Kier alpha value is -0.0800. The highest BCUT2D eigenvalue weighted by Gasteiger charge is 2.38. The summed E-state index contributed by atoms with van der Waals surface area (Å²) in [5.74, 6) is 0.935. The first-order valence-electron chi connectivity index (χ1n) is 8.60. The molecular weight excluding hydrogens is 232 g/mol. The van der Waals surface area contributed by atoms with E-state index in [0.29, 0.717) is 5.41 Å². The van der Waals surface area contributed by atoms with Gasteiger partial charge in [-0.05, 0) is 56.9 Å². The van der Waals surface area contributed by atoms with Crippen molar-refractivity contribution in [2.75, 3.05) is 20.1 Å². The van der Waals surface area contributed by atoms with Crippen LogP contribution in [0.4, 0.5) is 0 Å². The van der Waals surface area contributed by atoms with E-state index in [1.165, 1.54) is 70.9 Å². The van der Waals surface area contributed by atoms with E-state index in [-0.39, 0.29) is 0 Å². The van der Waals surface area contributed by atoms with Gasteiger partial charge >= 0.3 is 0 Å². The Balaban J connectivity index is 1.59. The zero-order valence-electron chi connectivity index (χ0n) is 13.0. The molecular formula is C17H32N2. The Morgan fingerprint density at radius 1 is 1.11 bits per heavy atom. The molecule has 3 aliphatic carbocycles. The molecule has 0 radical (unpaired) electrons. The van der Waals surface area contributed by atoms with Crippen LogP contribution in [0.1, 0.15) is 64.7 Å². The van der Waals surface area contributed by atoms with Crippen molar-refractivity contribution in [1.82, 2.24) is 10.2 Å². The van der Waals surface area contributed by atoms with Gasteiger partial charge in [-0.2, -0.15) is 0 Å². The maximum absolute atomic E-state index is 3.84. The minimum absolute atomic E-state index is 0.574. The molecule has 0 aromatic carbocycles. The van der Waals surface area contributed by atoms with Crippen LogP contribution in [-0.4, -0.2) is 37.1 Å². The molecule has 0 amide bonds. The van der Waals surface area contributed by atoms with E-state index < -0.39 is 0 Å². The second-order valence-electron chi connectivity index (χ2n) is 7.86. The van der Waals surface area contributed by atoms with E-state index in [1.54, 1.807) is 0 Å². The van der Waals surface area contributed by atoms with Gasteiger partial charge in [0.05, 0.1) is 0 Å². The molecule has 0 bridgehead atoms. The zero-order valence-corrected chi connectivity index (χ0v) is 13.0. The average molecular weight is 264 g/mol. The number of hydrogen-bond acceptors (Lipinski definition) is 2. The minimum atomic E-state index is 0.574. The number of nitrogens with one attached hydrogen (secondary N) is 1. The van der Waals surface area contributed by atoms with Crippen LogP contribution in [0.15, 0.2) is 0 Å². The summed E-state index contributed by atoms with van der Waals surface area (Å²) in [6, 6.07) is 1.76. The van der Waals surface area contributed by atoms with Crippen LogP contribution < -0.4 is 5.32 Å². The van der Waals surface area contributed by atoms with Gasteiger partial charge in [-0.3, -0.25) is 0 Å². The quantitative estimate of drug-likeness (QED) is 0.791. The van der Waals surface area contributed by atoms with Crippen LogP contribution in [0.25, 0.3) is 0 Å². The van der Waals surface area contributed by atoms with E-state index in [4.69, 9.17) is 0 Å². The Bertz CT molecular complexity index is 296. The van der Waals surface area contributed by atoms with Gasteiger partial charge in [0, 0.05) is 25.2 Å². The first-order valence-corrected chi connectivity index (χ1v) is 8.60. The minimum Gasteiger partial charge on any atom is -0.313 e. The molecule has 0 spiro atoms. The summed E-state index contributed by atoms with van der Waals surface area (Å²) in [6.45, 7) is 5.08. The summed E-state index contributed by atoms with van der Waals surface area (Å²) in [5, 5.41) is 3.84. The fraction of sp³-hybridized carbons (Fsp3) is 1.00. The number of nitrogens with zero attached hydrogens (tertiary/aromatic N) is 1. The van der Waals surface area contributed by atoms with Gasteiger partial charge in [0.15, 0.2) is 0 Å². The maximum Gasteiger partial charge on any atom is 0.00924 e. The Kier molecular flexibility index (Phi) is 4.19. The molecule has 2 heteroatoms. The van der Waals surface area contributed by atoms with Gasteiger partial charge in [0.2, 0.25) is 0 Å². The van der Waals surface area contributed by atoms with Crippen LogP contribution in [-0.2, 0) is 0 Å². The summed E-state index contributed by atoms with van der Waals surface area (Å²) in [4.78, 5) is 2.69. The molecule has 1 N–H and O–H groups in total. The molecule has 110 valence electrons. The maximum atomic E-state index is 3.84. The fourth-order valence-electron chi connectivity index (χ4n) is 4.26. The Labute approximate surface area is 119 Å².